The minimum Gasteiger partial charge on any atom is -0.481 e. The predicted molar refractivity (Wildman–Crippen MR) is 78.2 cm³/mol. The first-order valence-electron chi connectivity index (χ1n) is 7.87. The molecule has 7 nitrogen and oxygen atoms in total. The third-order valence-corrected chi connectivity index (χ3v) is 4.65. The number of amides is 2. The Labute approximate surface area is 130 Å². The molecule has 0 spiro atoms. The average molecular weight is 312 g/mol. The molecule has 1 saturated carbocycles. The molecule has 1 aliphatic carbocycles. The number of hydrogen-bond donors (Lipinski definition) is 2. The number of methoxy groups -OCH3 is 1. The van der Waals surface area contributed by atoms with Crippen LogP contribution in [-0.4, -0.2) is 54.2 Å². The second-order valence-electron chi connectivity index (χ2n) is 6.14. The number of aliphatic carboxylic acids is 1. The summed E-state index contributed by atoms with van der Waals surface area (Å²) in [4.78, 5) is 36.5. The number of ether oxygens (including phenoxy) is 1. The molecule has 124 valence electrons. The number of esters is 1. The Balaban J connectivity index is 1.80. The fourth-order valence-electron chi connectivity index (χ4n) is 3.27. The van der Waals surface area contributed by atoms with Crippen molar-refractivity contribution in [3.63, 3.8) is 0 Å². The van der Waals surface area contributed by atoms with Gasteiger partial charge in [0.05, 0.1) is 18.9 Å². The monoisotopic (exact) mass is 312 g/mol. The maximum absolute atomic E-state index is 12.3. The van der Waals surface area contributed by atoms with Crippen LogP contribution in [0, 0.1) is 11.8 Å². The molecule has 0 aromatic rings. The molecule has 2 rings (SSSR count). The Morgan fingerprint density at radius 1 is 1.09 bits per heavy atom. The van der Waals surface area contributed by atoms with Crippen molar-refractivity contribution in [1.82, 2.24) is 10.2 Å². The van der Waals surface area contributed by atoms with Crippen LogP contribution < -0.4 is 5.32 Å². The van der Waals surface area contributed by atoms with Gasteiger partial charge in [-0.1, -0.05) is 0 Å². The molecular formula is C15H24N2O5. The minimum atomic E-state index is -0.748. The van der Waals surface area contributed by atoms with Gasteiger partial charge in [-0.05, 0) is 38.5 Å². The highest BCUT2D eigenvalue weighted by Crippen LogP contribution is 2.25. The van der Waals surface area contributed by atoms with Crippen molar-refractivity contribution in [2.45, 2.75) is 44.6 Å². The first kappa shape index (κ1) is 16.6. The molecule has 1 unspecified atom stereocenters. The van der Waals surface area contributed by atoms with Crippen LogP contribution in [-0.2, 0) is 14.3 Å². The summed E-state index contributed by atoms with van der Waals surface area (Å²) in [5.41, 5.74) is 0. The van der Waals surface area contributed by atoms with Crippen LogP contribution in [0.2, 0.25) is 0 Å². The van der Waals surface area contributed by atoms with E-state index in [4.69, 9.17) is 9.84 Å². The number of urea groups is 1. The Hall–Kier alpha value is -1.79. The molecule has 1 heterocycles. The summed E-state index contributed by atoms with van der Waals surface area (Å²) in [6, 6.07) is -0.131. The summed E-state index contributed by atoms with van der Waals surface area (Å²) >= 11 is 0. The summed E-state index contributed by atoms with van der Waals surface area (Å²) in [7, 11) is 1.36. The summed E-state index contributed by atoms with van der Waals surface area (Å²) in [6.45, 7) is 1.03. The molecule has 2 N–H and O–H groups in total. The fourth-order valence-corrected chi connectivity index (χ4v) is 3.27. The van der Waals surface area contributed by atoms with E-state index in [1.54, 1.807) is 4.90 Å². The number of nitrogens with one attached hydrogen (secondary N) is 1. The molecule has 0 bridgehead atoms. The third-order valence-electron chi connectivity index (χ3n) is 4.65. The van der Waals surface area contributed by atoms with Gasteiger partial charge in [0.15, 0.2) is 0 Å². The van der Waals surface area contributed by atoms with E-state index in [0.29, 0.717) is 38.8 Å². The Morgan fingerprint density at radius 3 is 2.36 bits per heavy atom. The predicted octanol–water partition coefficient (Wildman–Crippen LogP) is 1.22. The van der Waals surface area contributed by atoms with Gasteiger partial charge in [-0.15, -0.1) is 0 Å². The topological polar surface area (TPSA) is 95.9 Å². The van der Waals surface area contributed by atoms with E-state index in [0.717, 1.165) is 12.8 Å². The number of piperidine rings is 1. The zero-order valence-corrected chi connectivity index (χ0v) is 12.9. The average Bonchev–Trinajstić information content (AvgIpc) is 2.54. The molecule has 0 radical (unpaired) electrons. The van der Waals surface area contributed by atoms with Crippen LogP contribution in [0.25, 0.3) is 0 Å². The fraction of sp³-hybridized carbons (Fsp3) is 0.800. The van der Waals surface area contributed by atoms with Crippen molar-refractivity contribution >= 4 is 18.0 Å². The van der Waals surface area contributed by atoms with Crippen LogP contribution in [0.1, 0.15) is 38.5 Å². The van der Waals surface area contributed by atoms with E-state index in [-0.39, 0.29) is 29.9 Å². The number of hydrogen-bond acceptors (Lipinski definition) is 4. The van der Waals surface area contributed by atoms with Gasteiger partial charge in [-0.2, -0.15) is 0 Å². The first-order valence-corrected chi connectivity index (χ1v) is 7.87. The first-order chi connectivity index (χ1) is 10.5. The molecule has 2 fully saturated rings. The number of rotatable bonds is 3. The number of carbonyl (C=O) groups is 3. The Bertz CT molecular complexity index is 432. The number of likely N-dealkylation sites (tertiary alicyclic amines) is 1. The van der Waals surface area contributed by atoms with E-state index >= 15 is 0 Å². The van der Waals surface area contributed by atoms with Gasteiger partial charge < -0.3 is 20.1 Å². The van der Waals surface area contributed by atoms with Gasteiger partial charge in [-0.25, -0.2) is 4.79 Å². The molecule has 2 amide bonds. The number of nitrogens with zero attached hydrogens (tertiary/aromatic N) is 1. The molecule has 1 saturated heterocycles. The molecule has 22 heavy (non-hydrogen) atoms. The lowest BCUT2D eigenvalue weighted by Crippen LogP contribution is -2.50. The van der Waals surface area contributed by atoms with Gasteiger partial charge >= 0.3 is 18.0 Å². The van der Waals surface area contributed by atoms with Crippen molar-refractivity contribution in [3.8, 4) is 0 Å². The summed E-state index contributed by atoms with van der Waals surface area (Å²) in [5, 5.41) is 11.9. The molecule has 1 atom stereocenters. The van der Waals surface area contributed by atoms with Crippen LogP contribution >= 0.6 is 0 Å². The van der Waals surface area contributed by atoms with E-state index in [1.165, 1.54) is 7.11 Å². The van der Waals surface area contributed by atoms with Gasteiger partial charge in [0, 0.05) is 19.1 Å². The van der Waals surface area contributed by atoms with Crippen LogP contribution in [0.15, 0.2) is 0 Å². The van der Waals surface area contributed by atoms with Crippen LogP contribution in [0.4, 0.5) is 4.79 Å². The lowest BCUT2D eigenvalue weighted by molar-refractivity contribution is -0.147. The minimum absolute atomic E-state index is 0.0293. The number of carbonyl (C=O) groups excluding carboxylic acids is 2. The highest BCUT2D eigenvalue weighted by atomic mass is 16.5. The lowest BCUT2D eigenvalue weighted by Gasteiger charge is -2.34. The Kier molecular flexibility index (Phi) is 5.63. The normalized spacial score (nSPS) is 28.8. The van der Waals surface area contributed by atoms with E-state index in [1.807, 2.05) is 0 Å². The summed E-state index contributed by atoms with van der Waals surface area (Å²) in [5.74, 6) is -1.54. The van der Waals surface area contributed by atoms with Crippen molar-refractivity contribution in [2.75, 3.05) is 20.2 Å². The third kappa shape index (κ3) is 4.11. The van der Waals surface area contributed by atoms with Crippen molar-refractivity contribution in [1.29, 1.82) is 0 Å². The number of carboxylic acids is 1. The molecule has 0 aromatic heterocycles. The summed E-state index contributed by atoms with van der Waals surface area (Å²) in [6.07, 6.45) is 4.13. The van der Waals surface area contributed by atoms with Gasteiger partial charge in [0.1, 0.15) is 0 Å². The van der Waals surface area contributed by atoms with Gasteiger partial charge in [0.2, 0.25) is 0 Å². The van der Waals surface area contributed by atoms with E-state index < -0.39 is 5.97 Å². The van der Waals surface area contributed by atoms with Crippen LogP contribution in [0.5, 0.6) is 0 Å². The maximum atomic E-state index is 12.3. The molecule has 1 aliphatic heterocycles. The molecule has 7 heteroatoms. The number of carboxylic acid groups (broad SMARTS) is 1. The largest absolute Gasteiger partial charge is 0.481 e. The standard InChI is InChI=1S/C15H24N2O5/c1-22-14(20)11-3-2-8-17(9-11)15(21)16-12-6-4-10(5-7-12)13(18)19/h10-12H,2-9H2,1H3,(H,16,21)(H,18,19). The highest BCUT2D eigenvalue weighted by Gasteiger charge is 2.31. The van der Waals surface area contributed by atoms with E-state index in [9.17, 15) is 14.4 Å². The molecule has 0 aromatic carbocycles. The van der Waals surface area contributed by atoms with Crippen molar-refractivity contribution in [2.24, 2.45) is 11.8 Å². The lowest BCUT2D eigenvalue weighted by atomic mass is 9.86. The molecule has 2 aliphatic rings. The van der Waals surface area contributed by atoms with Crippen molar-refractivity contribution < 1.29 is 24.2 Å². The Morgan fingerprint density at radius 2 is 1.77 bits per heavy atom. The smallest absolute Gasteiger partial charge is 0.317 e. The second-order valence-corrected chi connectivity index (χ2v) is 6.14. The van der Waals surface area contributed by atoms with Crippen molar-refractivity contribution in [3.05, 3.63) is 0 Å². The van der Waals surface area contributed by atoms with Gasteiger partial charge in [0.25, 0.3) is 0 Å². The SMILES string of the molecule is COC(=O)C1CCCN(C(=O)NC2CCC(C(=O)O)CC2)C1. The molecular weight excluding hydrogens is 288 g/mol. The van der Waals surface area contributed by atoms with Crippen LogP contribution in [0.3, 0.4) is 0 Å². The second kappa shape index (κ2) is 7.47. The van der Waals surface area contributed by atoms with Gasteiger partial charge in [-0.3, -0.25) is 9.59 Å². The maximum Gasteiger partial charge on any atom is 0.317 e. The zero-order valence-electron chi connectivity index (χ0n) is 12.9. The highest BCUT2D eigenvalue weighted by molar-refractivity contribution is 5.77. The quantitative estimate of drug-likeness (QED) is 0.764. The summed E-state index contributed by atoms with van der Waals surface area (Å²) < 4.78 is 4.75. The van der Waals surface area contributed by atoms with E-state index in [2.05, 4.69) is 5.32 Å². The zero-order chi connectivity index (χ0) is 16.1.